The third-order valence-corrected chi connectivity index (χ3v) is 3.82. The number of aliphatic imine (C=N–C) groups is 1. The van der Waals surface area contributed by atoms with Crippen molar-refractivity contribution in [3.63, 3.8) is 0 Å². The molecular weight excluding hydrogens is 407 g/mol. The van der Waals surface area contributed by atoms with Gasteiger partial charge >= 0.3 is 0 Å². The highest BCUT2D eigenvalue weighted by molar-refractivity contribution is 14.0. The molecule has 0 aromatic heterocycles. The molecular formula is C16H31IN4O2. The normalized spacial score (nSPS) is 20.0. The molecule has 0 unspecified atom stereocenters. The lowest BCUT2D eigenvalue weighted by atomic mass is 10.1. The second-order valence-corrected chi connectivity index (χ2v) is 7.16. The largest absolute Gasteiger partial charge is 0.372 e. The summed E-state index contributed by atoms with van der Waals surface area (Å²) in [4.78, 5) is 18.2. The van der Waals surface area contributed by atoms with Crippen molar-refractivity contribution in [3.8, 4) is 0 Å². The van der Waals surface area contributed by atoms with E-state index in [4.69, 9.17) is 4.74 Å². The molecule has 1 aliphatic carbocycles. The Morgan fingerprint density at radius 2 is 1.83 bits per heavy atom. The number of hydrogen-bond acceptors (Lipinski definition) is 3. The van der Waals surface area contributed by atoms with Gasteiger partial charge in [0, 0.05) is 26.2 Å². The Hall–Kier alpha value is -0.570. The highest BCUT2D eigenvalue weighted by Crippen LogP contribution is 2.20. The number of hydrogen-bond donors (Lipinski definition) is 2. The fourth-order valence-corrected chi connectivity index (χ4v) is 2.68. The molecule has 2 rings (SSSR count). The lowest BCUT2D eigenvalue weighted by Crippen LogP contribution is -2.50. The zero-order valence-electron chi connectivity index (χ0n) is 14.7. The van der Waals surface area contributed by atoms with Crippen molar-refractivity contribution in [2.24, 2.45) is 4.99 Å². The van der Waals surface area contributed by atoms with E-state index in [1.807, 2.05) is 0 Å². The van der Waals surface area contributed by atoms with Crippen LogP contribution in [0.15, 0.2) is 4.99 Å². The van der Waals surface area contributed by atoms with Gasteiger partial charge in [-0.25, -0.2) is 0 Å². The van der Waals surface area contributed by atoms with Gasteiger partial charge < -0.3 is 20.3 Å². The van der Waals surface area contributed by atoms with Crippen LogP contribution < -0.4 is 10.6 Å². The summed E-state index contributed by atoms with van der Waals surface area (Å²) in [5.41, 5.74) is -0.0896. The molecule has 2 fully saturated rings. The van der Waals surface area contributed by atoms with Crippen LogP contribution in [0, 0.1) is 0 Å². The minimum Gasteiger partial charge on any atom is -0.372 e. The predicted octanol–water partition coefficient (Wildman–Crippen LogP) is 1.74. The topological polar surface area (TPSA) is 66.0 Å². The van der Waals surface area contributed by atoms with E-state index >= 15 is 0 Å². The van der Waals surface area contributed by atoms with E-state index in [-0.39, 0.29) is 35.5 Å². The Balaban J connectivity index is 0.00000264. The Labute approximate surface area is 156 Å². The van der Waals surface area contributed by atoms with Crippen molar-refractivity contribution in [2.45, 2.75) is 64.2 Å². The first-order chi connectivity index (χ1) is 10.4. The molecule has 1 saturated heterocycles. The summed E-state index contributed by atoms with van der Waals surface area (Å²) < 4.78 is 6.04. The molecule has 2 N–H and O–H groups in total. The first-order valence-electron chi connectivity index (χ1n) is 8.30. The summed E-state index contributed by atoms with van der Waals surface area (Å²) in [7, 11) is 1.76. The molecule has 1 saturated carbocycles. The number of carbonyl (C=O) groups is 1. The van der Waals surface area contributed by atoms with Gasteiger partial charge in [-0.15, -0.1) is 24.0 Å². The predicted molar refractivity (Wildman–Crippen MR) is 103 cm³/mol. The standard InChI is InChI=1S/C16H30N4O2.HI/c1-16(2,3)22-13-7-9-20(10-8-13)15(17-4)18-11-14(21)19-12-5-6-12;/h12-13H,5-11H2,1-4H3,(H,17,18)(H,19,21);1H. The van der Waals surface area contributed by atoms with Crippen molar-refractivity contribution in [1.82, 2.24) is 15.5 Å². The number of carbonyl (C=O) groups excluding carboxylic acids is 1. The Morgan fingerprint density at radius 3 is 2.30 bits per heavy atom. The second kappa shape index (κ2) is 9.05. The van der Waals surface area contributed by atoms with Crippen LogP contribution in [0.3, 0.4) is 0 Å². The summed E-state index contributed by atoms with van der Waals surface area (Å²) in [6.45, 7) is 8.39. The summed E-state index contributed by atoms with van der Waals surface area (Å²) in [5.74, 6) is 0.856. The van der Waals surface area contributed by atoms with Crippen LogP contribution in [-0.4, -0.2) is 61.2 Å². The smallest absolute Gasteiger partial charge is 0.239 e. The number of rotatable bonds is 4. The maximum atomic E-state index is 11.7. The van der Waals surface area contributed by atoms with E-state index in [0.717, 1.165) is 44.7 Å². The Morgan fingerprint density at radius 1 is 1.22 bits per heavy atom. The lowest BCUT2D eigenvalue weighted by Gasteiger charge is -2.36. The van der Waals surface area contributed by atoms with Crippen molar-refractivity contribution < 1.29 is 9.53 Å². The number of likely N-dealkylation sites (tertiary alicyclic amines) is 1. The van der Waals surface area contributed by atoms with Gasteiger partial charge in [-0.2, -0.15) is 0 Å². The third kappa shape index (κ3) is 7.69. The fourth-order valence-electron chi connectivity index (χ4n) is 2.68. The SMILES string of the molecule is CN=C(NCC(=O)NC1CC1)N1CCC(OC(C)(C)C)CC1.I. The maximum absolute atomic E-state index is 11.7. The quantitative estimate of drug-likeness (QED) is 0.399. The highest BCUT2D eigenvalue weighted by Gasteiger charge is 2.26. The molecule has 134 valence electrons. The number of halogens is 1. The van der Waals surface area contributed by atoms with Gasteiger partial charge in [0.25, 0.3) is 0 Å². The first-order valence-corrected chi connectivity index (χ1v) is 8.30. The van der Waals surface area contributed by atoms with Crippen LogP contribution in [-0.2, 0) is 9.53 Å². The minimum atomic E-state index is -0.0896. The summed E-state index contributed by atoms with van der Waals surface area (Å²) in [6.07, 6.45) is 4.52. The molecule has 0 aromatic rings. The number of nitrogens with one attached hydrogen (secondary N) is 2. The van der Waals surface area contributed by atoms with Crippen LogP contribution in [0.4, 0.5) is 0 Å². The highest BCUT2D eigenvalue weighted by atomic mass is 127. The van der Waals surface area contributed by atoms with Crippen LogP contribution in [0.2, 0.25) is 0 Å². The molecule has 1 aliphatic heterocycles. The van der Waals surface area contributed by atoms with Crippen LogP contribution in [0.1, 0.15) is 46.5 Å². The van der Waals surface area contributed by atoms with Crippen molar-refractivity contribution in [2.75, 3.05) is 26.7 Å². The molecule has 1 heterocycles. The van der Waals surface area contributed by atoms with Crippen molar-refractivity contribution >= 4 is 35.8 Å². The van der Waals surface area contributed by atoms with E-state index in [9.17, 15) is 4.79 Å². The van der Waals surface area contributed by atoms with Gasteiger partial charge in [-0.05, 0) is 46.5 Å². The molecule has 0 spiro atoms. The average molecular weight is 438 g/mol. The number of piperidine rings is 1. The van der Waals surface area contributed by atoms with E-state index in [2.05, 4.69) is 41.3 Å². The Kier molecular flexibility index (Phi) is 8.06. The molecule has 6 nitrogen and oxygen atoms in total. The van der Waals surface area contributed by atoms with Gasteiger partial charge in [0.15, 0.2) is 5.96 Å². The monoisotopic (exact) mass is 438 g/mol. The van der Waals surface area contributed by atoms with E-state index in [1.165, 1.54) is 0 Å². The molecule has 7 heteroatoms. The molecule has 0 aromatic carbocycles. The maximum Gasteiger partial charge on any atom is 0.239 e. The average Bonchev–Trinajstić information content (AvgIpc) is 3.23. The Bertz CT molecular complexity index is 411. The van der Waals surface area contributed by atoms with Gasteiger partial charge in [0.2, 0.25) is 5.91 Å². The van der Waals surface area contributed by atoms with Crippen molar-refractivity contribution in [1.29, 1.82) is 0 Å². The summed E-state index contributed by atoms with van der Waals surface area (Å²) in [5, 5.41) is 6.13. The van der Waals surface area contributed by atoms with Gasteiger partial charge in [0.05, 0.1) is 18.2 Å². The first kappa shape index (κ1) is 20.5. The van der Waals surface area contributed by atoms with E-state index in [0.29, 0.717) is 18.7 Å². The second-order valence-electron chi connectivity index (χ2n) is 7.16. The molecule has 0 atom stereocenters. The number of ether oxygens (including phenoxy) is 1. The molecule has 1 amide bonds. The van der Waals surface area contributed by atoms with Crippen LogP contribution >= 0.6 is 24.0 Å². The summed E-state index contributed by atoms with van der Waals surface area (Å²) >= 11 is 0. The number of amides is 1. The van der Waals surface area contributed by atoms with Crippen molar-refractivity contribution in [3.05, 3.63) is 0 Å². The van der Waals surface area contributed by atoms with E-state index < -0.39 is 0 Å². The number of nitrogens with zero attached hydrogens (tertiary/aromatic N) is 2. The van der Waals surface area contributed by atoms with Gasteiger partial charge in [-0.1, -0.05) is 0 Å². The molecule has 0 bridgehead atoms. The zero-order valence-corrected chi connectivity index (χ0v) is 17.1. The van der Waals surface area contributed by atoms with Crippen LogP contribution in [0.25, 0.3) is 0 Å². The van der Waals surface area contributed by atoms with Gasteiger partial charge in [-0.3, -0.25) is 9.79 Å². The molecule has 0 radical (unpaired) electrons. The van der Waals surface area contributed by atoms with Crippen LogP contribution in [0.5, 0.6) is 0 Å². The lowest BCUT2D eigenvalue weighted by molar-refractivity contribution is -0.120. The number of guanidine groups is 1. The third-order valence-electron chi connectivity index (χ3n) is 3.82. The minimum absolute atomic E-state index is 0. The van der Waals surface area contributed by atoms with Gasteiger partial charge in [0.1, 0.15) is 0 Å². The molecule has 2 aliphatic rings. The van der Waals surface area contributed by atoms with E-state index in [1.54, 1.807) is 7.05 Å². The zero-order chi connectivity index (χ0) is 16.2. The fraction of sp³-hybridized carbons (Fsp3) is 0.875. The summed E-state index contributed by atoms with van der Waals surface area (Å²) in [6, 6.07) is 0.404. The molecule has 23 heavy (non-hydrogen) atoms.